The second-order valence-electron chi connectivity index (χ2n) is 2.97. The van der Waals surface area contributed by atoms with Crippen LogP contribution in [-0.4, -0.2) is 55.7 Å². The minimum Gasteiger partial charge on any atom is -0.480 e. The van der Waals surface area contributed by atoms with Gasteiger partial charge in [0.05, 0.1) is 6.26 Å². The van der Waals surface area contributed by atoms with E-state index < -0.39 is 22.0 Å². The first-order valence-corrected chi connectivity index (χ1v) is 5.67. The number of sulfonamides is 1. The lowest BCUT2D eigenvalue weighted by Crippen LogP contribution is -2.55. The molecule has 1 heterocycles. The zero-order valence-corrected chi connectivity index (χ0v) is 9.27. The third-order valence-electron chi connectivity index (χ3n) is 1.91. The first kappa shape index (κ1) is 13.6. The van der Waals surface area contributed by atoms with Crippen LogP contribution in [0.1, 0.15) is 0 Å². The Hall–Kier alpha value is -0.370. The molecule has 0 spiro atoms. The summed E-state index contributed by atoms with van der Waals surface area (Å²) in [6, 6.07) is -0.788. The van der Waals surface area contributed by atoms with E-state index >= 15 is 0 Å². The maximum atomic E-state index is 11.1. The second-order valence-corrected chi connectivity index (χ2v) is 4.95. The van der Waals surface area contributed by atoms with Crippen molar-refractivity contribution >= 4 is 28.4 Å². The third-order valence-corrected chi connectivity index (χ3v) is 3.17. The molecule has 0 aliphatic carbocycles. The number of hydrogen-bond donors (Lipinski definition) is 2. The summed E-state index contributed by atoms with van der Waals surface area (Å²) >= 11 is 0. The first-order chi connectivity index (χ1) is 5.91. The van der Waals surface area contributed by atoms with Gasteiger partial charge in [-0.15, -0.1) is 12.4 Å². The largest absolute Gasteiger partial charge is 0.480 e. The van der Waals surface area contributed by atoms with E-state index in [1.165, 1.54) is 4.31 Å². The van der Waals surface area contributed by atoms with Crippen molar-refractivity contribution in [3.8, 4) is 0 Å². The highest BCUT2D eigenvalue weighted by molar-refractivity contribution is 7.88. The van der Waals surface area contributed by atoms with Gasteiger partial charge < -0.3 is 10.4 Å². The molecule has 0 radical (unpaired) electrons. The average Bonchev–Trinajstić information content (AvgIpc) is 2.03. The summed E-state index contributed by atoms with van der Waals surface area (Å²) < 4.78 is 23.3. The van der Waals surface area contributed by atoms with E-state index in [2.05, 4.69) is 5.32 Å². The van der Waals surface area contributed by atoms with Crippen molar-refractivity contribution in [2.75, 3.05) is 25.9 Å². The van der Waals surface area contributed by atoms with Gasteiger partial charge in [0.1, 0.15) is 6.04 Å². The number of carbonyl (C=O) groups is 1. The molecule has 0 bridgehead atoms. The van der Waals surface area contributed by atoms with E-state index in [-0.39, 0.29) is 19.0 Å². The topological polar surface area (TPSA) is 86.7 Å². The molecule has 0 amide bonds. The Balaban J connectivity index is 0.00000169. The van der Waals surface area contributed by atoms with Crippen LogP contribution in [0.25, 0.3) is 0 Å². The Labute approximate surface area is 88.7 Å². The van der Waals surface area contributed by atoms with Gasteiger partial charge in [0.2, 0.25) is 10.0 Å². The fourth-order valence-corrected chi connectivity index (χ4v) is 2.03. The van der Waals surface area contributed by atoms with Crippen molar-refractivity contribution in [1.29, 1.82) is 0 Å². The molecule has 0 aromatic carbocycles. The number of piperazine rings is 1. The highest BCUT2D eigenvalue weighted by atomic mass is 35.5. The zero-order valence-electron chi connectivity index (χ0n) is 7.63. The van der Waals surface area contributed by atoms with Crippen LogP contribution >= 0.6 is 12.4 Å². The lowest BCUT2D eigenvalue weighted by atomic mass is 10.2. The minimum absolute atomic E-state index is 0. The quantitative estimate of drug-likeness (QED) is 0.632. The predicted molar refractivity (Wildman–Crippen MR) is 53.1 cm³/mol. The molecule has 0 aromatic rings. The summed E-state index contributed by atoms with van der Waals surface area (Å²) in [6.07, 6.45) is 1.08. The maximum Gasteiger partial charge on any atom is 0.322 e. The standard InChI is InChI=1S/C6H12N2O4S.ClH/c1-13(11,12)8-3-2-7-5(4-8)6(9)10;/h5,7H,2-4H2,1H3,(H,9,10);1H. The first-order valence-electron chi connectivity index (χ1n) is 3.82. The van der Waals surface area contributed by atoms with Crippen molar-refractivity contribution in [2.24, 2.45) is 0 Å². The number of nitrogens with zero attached hydrogens (tertiary/aromatic N) is 1. The fourth-order valence-electron chi connectivity index (χ4n) is 1.19. The van der Waals surface area contributed by atoms with Crippen LogP contribution < -0.4 is 5.32 Å². The highest BCUT2D eigenvalue weighted by Crippen LogP contribution is 2.03. The van der Waals surface area contributed by atoms with Crippen LogP contribution in [0.15, 0.2) is 0 Å². The molecule has 8 heteroatoms. The van der Waals surface area contributed by atoms with Crippen LogP contribution in [-0.2, 0) is 14.8 Å². The molecule has 1 aliphatic rings. The summed E-state index contributed by atoms with van der Waals surface area (Å²) in [5.74, 6) is -1.02. The Morgan fingerprint density at radius 3 is 2.57 bits per heavy atom. The Bertz CT molecular complexity index is 305. The van der Waals surface area contributed by atoms with Gasteiger partial charge in [0, 0.05) is 19.6 Å². The number of carboxylic acid groups (broad SMARTS) is 1. The van der Waals surface area contributed by atoms with Crippen LogP contribution in [0.4, 0.5) is 0 Å². The van der Waals surface area contributed by atoms with Crippen molar-refractivity contribution < 1.29 is 18.3 Å². The molecule has 1 atom stereocenters. The van der Waals surface area contributed by atoms with Crippen LogP contribution in [0.2, 0.25) is 0 Å². The van der Waals surface area contributed by atoms with Crippen molar-refractivity contribution in [2.45, 2.75) is 6.04 Å². The predicted octanol–water partition coefficient (Wildman–Crippen LogP) is -1.27. The van der Waals surface area contributed by atoms with Gasteiger partial charge >= 0.3 is 5.97 Å². The SMILES string of the molecule is CS(=O)(=O)N1CCNC(C(=O)O)C1.Cl. The van der Waals surface area contributed by atoms with Crippen molar-refractivity contribution in [3.05, 3.63) is 0 Å². The molecular formula is C6H13ClN2O4S. The molecule has 1 saturated heterocycles. The number of aliphatic carboxylic acids is 1. The molecule has 84 valence electrons. The Morgan fingerprint density at radius 1 is 1.57 bits per heavy atom. The van der Waals surface area contributed by atoms with Crippen LogP contribution in [0.3, 0.4) is 0 Å². The number of carboxylic acids is 1. The number of rotatable bonds is 2. The Morgan fingerprint density at radius 2 is 2.14 bits per heavy atom. The van der Waals surface area contributed by atoms with E-state index in [4.69, 9.17) is 5.11 Å². The van der Waals surface area contributed by atoms with E-state index in [1.54, 1.807) is 0 Å². The van der Waals surface area contributed by atoms with E-state index in [0.717, 1.165) is 6.26 Å². The van der Waals surface area contributed by atoms with Gasteiger partial charge in [-0.05, 0) is 0 Å². The maximum absolute atomic E-state index is 11.1. The van der Waals surface area contributed by atoms with Gasteiger partial charge in [-0.3, -0.25) is 4.79 Å². The van der Waals surface area contributed by atoms with Crippen LogP contribution in [0.5, 0.6) is 0 Å². The van der Waals surface area contributed by atoms with E-state index in [1.807, 2.05) is 0 Å². The van der Waals surface area contributed by atoms with Gasteiger partial charge in [0.15, 0.2) is 0 Å². The average molecular weight is 245 g/mol. The van der Waals surface area contributed by atoms with Crippen molar-refractivity contribution in [1.82, 2.24) is 9.62 Å². The molecule has 0 aromatic heterocycles. The number of halogens is 1. The molecule has 1 unspecified atom stereocenters. The molecule has 1 aliphatic heterocycles. The second kappa shape index (κ2) is 4.92. The van der Waals surface area contributed by atoms with Gasteiger partial charge in [-0.25, -0.2) is 8.42 Å². The third kappa shape index (κ3) is 3.41. The fraction of sp³-hybridized carbons (Fsp3) is 0.833. The number of hydrogen-bond acceptors (Lipinski definition) is 4. The monoisotopic (exact) mass is 244 g/mol. The van der Waals surface area contributed by atoms with E-state index in [9.17, 15) is 13.2 Å². The van der Waals surface area contributed by atoms with Gasteiger partial charge in [-0.1, -0.05) is 0 Å². The van der Waals surface area contributed by atoms with E-state index in [0.29, 0.717) is 13.1 Å². The summed E-state index contributed by atoms with van der Waals surface area (Å²) in [5.41, 5.74) is 0. The smallest absolute Gasteiger partial charge is 0.322 e. The number of nitrogens with one attached hydrogen (secondary N) is 1. The summed E-state index contributed by atoms with van der Waals surface area (Å²) in [6.45, 7) is 0.723. The zero-order chi connectivity index (χ0) is 10.1. The molecular weight excluding hydrogens is 232 g/mol. The molecule has 0 saturated carbocycles. The molecule has 1 rings (SSSR count). The van der Waals surface area contributed by atoms with Crippen molar-refractivity contribution in [3.63, 3.8) is 0 Å². The normalized spacial score (nSPS) is 23.9. The Kier molecular flexibility index (Phi) is 4.79. The summed E-state index contributed by atoms with van der Waals surface area (Å²) in [7, 11) is -3.26. The van der Waals surface area contributed by atoms with Gasteiger partial charge in [-0.2, -0.15) is 4.31 Å². The molecule has 6 nitrogen and oxygen atoms in total. The summed E-state index contributed by atoms with van der Waals surface area (Å²) in [5, 5.41) is 11.4. The van der Waals surface area contributed by atoms with Crippen LogP contribution in [0, 0.1) is 0 Å². The lowest BCUT2D eigenvalue weighted by Gasteiger charge is -2.29. The summed E-state index contributed by atoms with van der Waals surface area (Å²) in [4.78, 5) is 10.5. The molecule has 14 heavy (non-hydrogen) atoms. The minimum atomic E-state index is -3.26. The molecule has 1 fully saturated rings. The highest BCUT2D eigenvalue weighted by Gasteiger charge is 2.29. The van der Waals surface area contributed by atoms with Gasteiger partial charge in [0.25, 0.3) is 0 Å². The molecule has 2 N–H and O–H groups in total. The lowest BCUT2D eigenvalue weighted by molar-refractivity contribution is -0.140.